The van der Waals surface area contributed by atoms with Crippen LogP contribution in [-0.2, 0) is 9.84 Å². The van der Waals surface area contributed by atoms with E-state index in [2.05, 4.69) is 0 Å². The number of halogens is 1. The molecule has 0 unspecified atom stereocenters. The number of hydrogen-bond acceptors (Lipinski definition) is 5. The van der Waals surface area contributed by atoms with Crippen LogP contribution in [0, 0.1) is 11.3 Å². The van der Waals surface area contributed by atoms with Gasteiger partial charge in [-0.2, -0.15) is 5.26 Å². The third-order valence-corrected chi connectivity index (χ3v) is 5.40. The molecule has 0 spiro atoms. The van der Waals surface area contributed by atoms with Gasteiger partial charge in [-0.1, -0.05) is 11.6 Å². The van der Waals surface area contributed by atoms with E-state index in [1.54, 1.807) is 48.4 Å². The lowest BCUT2D eigenvalue weighted by Gasteiger charge is -2.27. The van der Waals surface area contributed by atoms with E-state index in [0.717, 1.165) is 0 Å². The van der Waals surface area contributed by atoms with Crippen molar-refractivity contribution >= 4 is 32.8 Å². The first kappa shape index (κ1) is 15.4. The first-order valence-electron chi connectivity index (χ1n) is 6.57. The number of hydrogen-bond donors (Lipinski definition) is 0. The summed E-state index contributed by atoms with van der Waals surface area (Å²) in [6, 6.07) is 13.3. The first-order chi connectivity index (χ1) is 11.0. The Labute approximate surface area is 138 Å². The Balaban J connectivity index is 2.24. The van der Waals surface area contributed by atoms with Crippen molar-refractivity contribution in [3.05, 3.63) is 58.6 Å². The maximum Gasteiger partial charge on any atom is 0.220 e. The highest BCUT2D eigenvalue weighted by Gasteiger charge is 2.32. The van der Waals surface area contributed by atoms with Crippen molar-refractivity contribution in [3.8, 4) is 11.8 Å². The molecule has 2 aromatic carbocycles. The molecule has 0 radical (unpaired) electrons. The molecular formula is C16H11ClN2O3S. The van der Waals surface area contributed by atoms with Crippen molar-refractivity contribution in [3.63, 3.8) is 0 Å². The number of nitrogens with zero attached hydrogens (tertiary/aromatic N) is 2. The van der Waals surface area contributed by atoms with E-state index in [1.165, 1.54) is 18.3 Å². The van der Waals surface area contributed by atoms with E-state index in [9.17, 15) is 13.7 Å². The first-order valence-corrected chi connectivity index (χ1v) is 8.43. The molecule has 0 saturated carbocycles. The van der Waals surface area contributed by atoms with Crippen LogP contribution < -0.4 is 9.64 Å². The van der Waals surface area contributed by atoms with Gasteiger partial charge in [-0.25, -0.2) is 8.42 Å². The number of anilines is 2. The van der Waals surface area contributed by atoms with Gasteiger partial charge in [-0.3, -0.25) is 0 Å². The average Bonchev–Trinajstić information content (AvgIpc) is 2.55. The second kappa shape index (κ2) is 5.61. The van der Waals surface area contributed by atoms with Crippen molar-refractivity contribution in [2.24, 2.45) is 0 Å². The zero-order valence-electron chi connectivity index (χ0n) is 12.0. The quantitative estimate of drug-likeness (QED) is 0.830. The molecule has 0 bridgehead atoms. The fourth-order valence-corrected chi connectivity index (χ4v) is 3.77. The Morgan fingerprint density at radius 2 is 1.87 bits per heavy atom. The number of ether oxygens (including phenoxy) is 1. The smallest absolute Gasteiger partial charge is 0.220 e. The highest BCUT2D eigenvalue weighted by molar-refractivity contribution is 7.95. The minimum Gasteiger partial charge on any atom is -0.497 e. The predicted molar refractivity (Wildman–Crippen MR) is 87.5 cm³/mol. The molecule has 1 heterocycles. The standard InChI is InChI=1S/C16H11ClN2O3S/c1-22-13-5-3-12(4-6-13)19-10-14(9-18)23(20,21)16-7-2-11(17)8-15(16)19/h2-8,10H,1H3. The summed E-state index contributed by atoms with van der Waals surface area (Å²) in [5.74, 6) is 0.675. The Morgan fingerprint density at radius 1 is 1.17 bits per heavy atom. The lowest BCUT2D eigenvalue weighted by molar-refractivity contribution is 0.415. The normalized spacial score (nSPS) is 15.3. The molecule has 1 aliphatic rings. The monoisotopic (exact) mass is 346 g/mol. The maximum atomic E-state index is 12.4. The van der Waals surface area contributed by atoms with Gasteiger partial charge in [0, 0.05) is 16.9 Å². The molecule has 0 atom stereocenters. The third kappa shape index (κ3) is 2.54. The summed E-state index contributed by atoms with van der Waals surface area (Å²) < 4.78 is 30.0. The van der Waals surface area contributed by atoms with Crippen molar-refractivity contribution < 1.29 is 13.2 Å². The minimum absolute atomic E-state index is 0.0526. The van der Waals surface area contributed by atoms with Gasteiger partial charge in [-0.05, 0) is 42.5 Å². The number of rotatable bonds is 2. The van der Waals surface area contributed by atoms with Gasteiger partial charge in [0.15, 0.2) is 4.91 Å². The van der Waals surface area contributed by atoms with Crippen molar-refractivity contribution in [1.29, 1.82) is 5.26 Å². The van der Waals surface area contributed by atoms with Gasteiger partial charge in [0.2, 0.25) is 9.84 Å². The maximum absolute atomic E-state index is 12.4. The van der Waals surface area contributed by atoms with Gasteiger partial charge in [0.1, 0.15) is 11.8 Å². The Hall–Kier alpha value is -2.49. The molecule has 0 fully saturated rings. The second-order valence-electron chi connectivity index (χ2n) is 4.79. The van der Waals surface area contributed by atoms with Crippen LogP contribution in [0.2, 0.25) is 5.02 Å². The molecule has 23 heavy (non-hydrogen) atoms. The van der Waals surface area contributed by atoms with E-state index in [0.29, 0.717) is 22.1 Å². The van der Waals surface area contributed by atoms with E-state index in [1.807, 2.05) is 0 Å². The number of sulfone groups is 1. The number of allylic oxidation sites excluding steroid dienone is 1. The number of nitriles is 1. The van der Waals surface area contributed by atoms with Crippen LogP contribution >= 0.6 is 11.6 Å². The van der Waals surface area contributed by atoms with Crippen LogP contribution in [0.1, 0.15) is 0 Å². The third-order valence-electron chi connectivity index (χ3n) is 3.47. The van der Waals surface area contributed by atoms with E-state index < -0.39 is 9.84 Å². The number of methoxy groups -OCH3 is 1. The zero-order valence-corrected chi connectivity index (χ0v) is 13.6. The van der Waals surface area contributed by atoms with Crippen LogP contribution in [0.3, 0.4) is 0 Å². The molecule has 0 aliphatic carbocycles. The lowest BCUT2D eigenvalue weighted by Crippen LogP contribution is -2.21. The van der Waals surface area contributed by atoms with Crippen LogP contribution in [0.25, 0.3) is 0 Å². The molecule has 5 nitrogen and oxygen atoms in total. The van der Waals surface area contributed by atoms with E-state index >= 15 is 0 Å². The van der Waals surface area contributed by atoms with Crippen LogP contribution in [0.5, 0.6) is 5.75 Å². The summed E-state index contributed by atoms with van der Waals surface area (Å²) in [6.45, 7) is 0. The molecule has 7 heteroatoms. The summed E-state index contributed by atoms with van der Waals surface area (Å²) in [6.07, 6.45) is 1.30. The number of benzene rings is 2. The van der Waals surface area contributed by atoms with Gasteiger partial charge in [-0.15, -0.1) is 0 Å². The highest BCUT2D eigenvalue weighted by atomic mass is 35.5. The molecule has 0 saturated heterocycles. The summed E-state index contributed by atoms with van der Waals surface area (Å²) in [4.78, 5) is 1.36. The predicted octanol–water partition coefficient (Wildman–Crippen LogP) is 3.64. The van der Waals surface area contributed by atoms with Crippen molar-refractivity contribution in [2.45, 2.75) is 4.90 Å². The molecule has 0 aromatic heterocycles. The van der Waals surface area contributed by atoms with Crippen LogP contribution in [-0.4, -0.2) is 15.5 Å². The molecule has 2 aromatic rings. The number of fused-ring (bicyclic) bond motifs is 1. The summed E-state index contributed by atoms with van der Waals surface area (Å²) in [7, 11) is -2.27. The largest absolute Gasteiger partial charge is 0.497 e. The molecule has 3 rings (SSSR count). The fraction of sp³-hybridized carbons (Fsp3) is 0.0625. The van der Waals surface area contributed by atoms with Crippen molar-refractivity contribution in [1.82, 2.24) is 0 Å². The molecule has 1 aliphatic heterocycles. The zero-order chi connectivity index (χ0) is 16.6. The van der Waals surface area contributed by atoms with E-state index in [-0.39, 0.29) is 9.80 Å². The lowest BCUT2D eigenvalue weighted by atomic mass is 10.2. The van der Waals surface area contributed by atoms with Gasteiger partial charge in [0.25, 0.3) is 0 Å². The highest BCUT2D eigenvalue weighted by Crippen LogP contribution is 2.40. The Morgan fingerprint density at radius 3 is 2.48 bits per heavy atom. The fourth-order valence-electron chi connectivity index (χ4n) is 2.33. The molecule has 0 amide bonds. The molecular weight excluding hydrogens is 336 g/mol. The van der Waals surface area contributed by atoms with Gasteiger partial charge < -0.3 is 9.64 Å². The molecule has 116 valence electrons. The topological polar surface area (TPSA) is 70.4 Å². The van der Waals surface area contributed by atoms with Crippen LogP contribution in [0.15, 0.2) is 58.5 Å². The molecule has 0 N–H and O–H groups in total. The SMILES string of the molecule is COc1ccc(N2C=C(C#N)S(=O)(=O)c3ccc(Cl)cc32)cc1. The van der Waals surface area contributed by atoms with Crippen LogP contribution in [0.4, 0.5) is 11.4 Å². The minimum atomic E-state index is -3.83. The Bertz CT molecular complexity index is 944. The van der Waals surface area contributed by atoms with E-state index in [4.69, 9.17) is 16.3 Å². The van der Waals surface area contributed by atoms with Gasteiger partial charge >= 0.3 is 0 Å². The van der Waals surface area contributed by atoms with Gasteiger partial charge in [0.05, 0.1) is 17.7 Å². The average molecular weight is 347 g/mol. The summed E-state index contributed by atoms with van der Waals surface area (Å²) in [5.41, 5.74) is 1.10. The van der Waals surface area contributed by atoms with Crippen molar-refractivity contribution in [2.75, 3.05) is 12.0 Å². The summed E-state index contributed by atoms with van der Waals surface area (Å²) in [5, 5.41) is 9.59. The summed E-state index contributed by atoms with van der Waals surface area (Å²) >= 11 is 6.01. The second-order valence-corrected chi connectivity index (χ2v) is 7.11. The Kier molecular flexibility index (Phi) is 3.76.